The number of carbonyl (C=O) groups excluding carboxylic acids is 4. The van der Waals surface area contributed by atoms with Crippen LogP contribution in [0.15, 0.2) is 82.6 Å². The Labute approximate surface area is 218 Å². The number of rotatable bonds is 11. The van der Waals surface area contributed by atoms with Gasteiger partial charge in [0.2, 0.25) is 5.91 Å². The molecule has 0 aromatic heterocycles. The van der Waals surface area contributed by atoms with Crippen LogP contribution in [0.5, 0.6) is 0 Å². The molecule has 0 spiro atoms. The summed E-state index contributed by atoms with van der Waals surface area (Å²) >= 11 is 7.49. The van der Waals surface area contributed by atoms with Gasteiger partial charge in [0.25, 0.3) is 5.91 Å². The van der Waals surface area contributed by atoms with E-state index < -0.39 is 18.5 Å². The van der Waals surface area contributed by atoms with Crippen molar-refractivity contribution in [1.29, 1.82) is 0 Å². The molecular weight excluding hydrogens is 500 g/mol. The van der Waals surface area contributed by atoms with E-state index >= 15 is 0 Å². The number of carbonyl (C=O) groups is 4. The highest BCUT2D eigenvalue weighted by atomic mass is 35.5. The fourth-order valence-electron chi connectivity index (χ4n) is 3.07. The van der Waals surface area contributed by atoms with Crippen molar-refractivity contribution in [2.45, 2.75) is 36.0 Å². The minimum atomic E-state index is -0.562. The van der Waals surface area contributed by atoms with Gasteiger partial charge in [-0.3, -0.25) is 19.2 Å². The third-order valence-electron chi connectivity index (χ3n) is 4.91. The smallest absolute Gasteiger partial charge is 0.306 e. The van der Waals surface area contributed by atoms with Gasteiger partial charge in [0.1, 0.15) is 0 Å². The number of hydrogen-bond donors (Lipinski definition) is 2. The van der Waals surface area contributed by atoms with Gasteiger partial charge in [-0.05, 0) is 86.1 Å². The van der Waals surface area contributed by atoms with Gasteiger partial charge in [-0.1, -0.05) is 23.4 Å². The number of ether oxygens (including phenoxy) is 1. The van der Waals surface area contributed by atoms with Gasteiger partial charge in [-0.25, -0.2) is 0 Å². The topological polar surface area (TPSA) is 102 Å². The van der Waals surface area contributed by atoms with E-state index in [0.717, 1.165) is 9.79 Å². The predicted octanol–water partition coefficient (Wildman–Crippen LogP) is 5.98. The van der Waals surface area contributed by atoms with Crippen molar-refractivity contribution in [1.82, 2.24) is 0 Å². The van der Waals surface area contributed by atoms with E-state index in [-0.39, 0.29) is 24.5 Å². The monoisotopic (exact) mass is 524 g/mol. The first kappa shape index (κ1) is 27.0. The highest BCUT2D eigenvalue weighted by Gasteiger charge is 2.10. The lowest BCUT2D eigenvalue weighted by Gasteiger charge is -2.08. The predicted molar refractivity (Wildman–Crippen MR) is 141 cm³/mol. The maximum Gasteiger partial charge on any atom is 0.306 e. The summed E-state index contributed by atoms with van der Waals surface area (Å²) in [5.41, 5.74) is 1.69. The van der Waals surface area contributed by atoms with Crippen LogP contribution in [0, 0.1) is 0 Å². The molecule has 0 aliphatic rings. The Bertz CT molecular complexity index is 1210. The Morgan fingerprint density at radius 2 is 1.28 bits per heavy atom. The van der Waals surface area contributed by atoms with Crippen LogP contribution in [0.3, 0.4) is 0 Å². The Balaban J connectivity index is 1.32. The molecule has 2 amide bonds. The summed E-state index contributed by atoms with van der Waals surface area (Å²) in [6, 6.07) is 21.4. The molecule has 0 unspecified atom stereocenters. The first-order chi connectivity index (χ1) is 17.3. The molecule has 3 aromatic carbocycles. The number of benzene rings is 3. The lowest BCUT2D eigenvalue weighted by molar-refractivity contribution is -0.147. The number of nitrogens with one attached hydrogen (secondary N) is 2. The van der Waals surface area contributed by atoms with E-state index in [9.17, 15) is 19.2 Å². The minimum Gasteiger partial charge on any atom is -0.456 e. The lowest BCUT2D eigenvalue weighted by atomic mass is 10.1. The van der Waals surface area contributed by atoms with Crippen LogP contribution in [-0.4, -0.2) is 30.2 Å². The SMILES string of the molecule is CC(=O)c1ccc(NC(=O)COC(=O)CCCC(=O)Nc2ccc(Sc3ccc(Cl)cc3)cc2)cc1. The highest BCUT2D eigenvalue weighted by Crippen LogP contribution is 2.29. The van der Waals surface area contributed by atoms with Gasteiger partial charge in [-0.15, -0.1) is 0 Å². The molecule has 0 fully saturated rings. The van der Waals surface area contributed by atoms with E-state index in [1.165, 1.54) is 6.92 Å². The number of amides is 2. The molecule has 0 radical (unpaired) electrons. The zero-order valence-electron chi connectivity index (χ0n) is 19.6. The number of hydrogen-bond acceptors (Lipinski definition) is 6. The molecule has 0 aliphatic carbocycles. The largest absolute Gasteiger partial charge is 0.456 e. The van der Waals surface area contributed by atoms with E-state index in [2.05, 4.69) is 10.6 Å². The van der Waals surface area contributed by atoms with Crippen molar-refractivity contribution in [3.05, 3.63) is 83.4 Å². The first-order valence-electron chi connectivity index (χ1n) is 11.2. The summed E-state index contributed by atoms with van der Waals surface area (Å²) in [4.78, 5) is 49.4. The number of esters is 1. The molecule has 0 heterocycles. The second-order valence-corrected chi connectivity index (χ2v) is 9.41. The number of Topliss-reactive ketones (excluding diaryl/α,β-unsaturated/α-hetero) is 1. The molecule has 0 atom stereocenters. The molecule has 3 aromatic rings. The van der Waals surface area contributed by atoms with E-state index in [0.29, 0.717) is 28.4 Å². The van der Waals surface area contributed by atoms with Crippen LogP contribution in [0.2, 0.25) is 5.02 Å². The zero-order valence-corrected chi connectivity index (χ0v) is 21.2. The number of ketones is 1. The van der Waals surface area contributed by atoms with Gasteiger partial charge in [-0.2, -0.15) is 0 Å². The fraction of sp³-hybridized carbons (Fsp3) is 0.185. The van der Waals surface area contributed by atoms with Gasteiger partial charge in [0, 0.05) is 44.6 Å². The van der Waals surface area contributed by atoms with Crippen LogP contribution in [0.4, 0.5) is 11.4 Å². The van der Waals surface area contributed by atoms with Crippen molar-refractivity contribution in [2.24, 2.45) is 0 Å². The molecule has 2 N–H and O–H groups in total. The minimum absolute atomic E-state index is 0.0185. The summed E-state index contributed by atoms with van der Waals surface area (Å²) in [6.07, 6.45) is 0.457. The van der Waals surface area contributed by atoms with Crippen molar-refractivity contribution < 1.29 is 23.9 Å². The second-order valence-electron chi connectivity index (χ2n) is 7.82. The summed E-state index contributed by atoms with van der Waals surface area (Å²) in [7, 11) is 0. The third kappa shape index (κ3) is 9.20. The van der Waals surface area contributed by atoms with Crippen LogP contribution >= 0.6 is 23.4 Å². The highest BCUT2D eigenvalue weighted by molar-refractivity contribution is 7.99. The first-order valence-corrected chi connectivity index (χ1v) is 12.4. The average molecular weight is 525 g/mol. The van der Waals surface area contributed by atoms with Gasteiger partial charge < -0.3 is 15.4 Å². The molecule has 3 rings (SSSR count). The van der Waals surface area contributed by atoms with Crippen LogP contribution in [0.25, 0.3) is 0 Å². The molecule has 9 heteroatoms. The molecule has 7 nitrogen and oxygen atoms in total. The van der Waals surface area contributed by atoms with Crippen LogP contribution < -0.4 is 10.6 Å². The quantitative estimate of drug-likeness (QED) is 0.236. The second kappa shape index (κ2) is 13.5. The maximum absolute atomic E-state index is 12.2. The normalized spacial score (nSPS) is 10.4. The Morgan fingerprint density at radius 3 is 1.86 bits per heavy atom. The van der Waals surface area contributed by atoms with E-state index in [1.807, 2.05) is 48.5 Å². The summed E-state index contributed by atoms with van der Waals surface area (Å²) in [5, 5.41) is 6.07. The van der Waals surface area contributed by atoms with Crippen LogP contribution in [-0.2, 0) is 19.1 Å². The molecular formula is C27H25ClN2O5S. The van der Waals surface area contributed by atoms with Gasteiger partial charge >= 0.3 is 5.97 Å². The molecule has 0 aliphatic heterocycles. The zero-order chi connectivity index (χ0) is 25.9. The molecule has 0 bridgehead atoms. The standard InChI is InChI=1S/C27H25ClN2O5S/c1-18(31)19-5-9-21(10-6-19)30-26(33)17-35-27(34)4-2-3-25(32)29-22-11-15-24(16-12-22)36-23-13-7-20(28)8-14-23/h5-16H,2-4,17H2,1H3,(H,29,32)(H,30,33). The van der Waals surface area contributed by atoms with Crippen molar-refractivity contribution in [2.75, 3.05) is 17.2 Å². The molecule has 0 saturated heterocycles. The van der Waals surface area contributed by atoms with E-state index in [4.69, 9.17) is 16.3 Å². The summed E-state index contributed by atoms with van der Waals surface area (Å²) in [6.45, 7) is 1.03. The average Bonchev–Trinajstić information content (AvgIpc) is 2.86. The molecule has 0 saturated carbocycles. The summed E-state index contributed by atoms with van der Waals surface area (Å²) < 4.78 is 4.96. The Kier molecular flexibility index (Phi) is 10.1. The summed E-state index contributed by atoms with van der Waals surface area (Å²) in [5.74, 6) is -1.34. The van der Waals surface area contributed by atoms with Crippen molar-refractivity contribution in [3.8, 4) is 0 Å². The molecule has 36 heavy (non-hydrogen) atoms. The van der Waals surface area contributed by atoms with Gasteiger partial charge in [0.15, 0.2) is 12.4 Å². The number of halogens is 1. The van der Waals surface area contributed by atoms with Crippen molar-refractivity contribution >= 4 is 58.3 Å². The molecule has 186 valence electrons. The Morgan fingerprint density at radius 1 is 0.750 bits per heavy atom. The maximum atomic E-state index is 12.2. The fourth-order valence-corrected chi connectivity index (χ4v) is 4.01. The van der Waals surface area contributed by atoms with E-state index in [1.54, 1.807) is 36.0 Å². The number of anilines is 2. The van der Waals surface area contributed by atoms with Crippen LogP contribution in [0.1, 0.15) is 36.5 Å². The Hall–Kier alpha value is -3.62. The van der Waals surface area contributed by atoms with Gasteiger partial charge in [0.05, 0.1) is 0 Å². The van der Waals surface area contributed by atoms with Crippen molar-refractivity contribution in [3.63, 3.8) is 0 Å². The third-order valence-corrected chi connectivity index (χ3v) is 6.18. The lowest BCUT2D eigenvalue weighted by Crippen LogP contribution is -2.21.